The number of methoxy groups -OCH3 is 1. The maximum absolute atomic E-state index is 5.89. The zero-order chi connectivity index (χ0) is 17.5. The molecule has 2 aromatic carbocycles. The van der Waals surface area contributed by atoms with Gasteiger partial charge in [-0.1, -0.05) is 36.4 Å². The first-order valence-electron chi connectivity index (χ1n) is 8.20. The standard InChI is InChI=1S/C20H22N2O2S/c1-15-22-13-18(25-15)12-21-11-17-8-9-19(20(10-17)23-2)24-14-16-6-4-3-5-7-16/h3-10,13,21H,11-12,14H2,1-2H3. The summed E-state index contributed by atoms with van der Waals surface area (Å²) < 4.78 is 11.4. The van der Waals surface area contributed by atoms with E-state index < -0.39 is 0 Å². The molecule has 0 aliphatic heterocycles. The molecule has 0 radical (unpaired) electrons. The molecule has 1 aromatic heterocycles. The Morgan fingerprint density at radius 3 is 2.56 bits per heavy atom. The molecule has 3 aromatic rings. The number of nitrogens with one attached hydrogen (secondary N) is 1. The Balaban J connectivity index is 1.57. The number of ether oxygens (including phenoxy) is 2. The van der Waals surface area contributed by atoms with Crippen LogP contribution in [0.3, 0.4) is 0 Å². The Kier molecular flexibility index (Phi) is 6.04. The molecule has 0 saturated heterocycles. The van der Waals surface area contributed by atoms with E-state index in [1.807, 2.05) is 55.6 Å². The quantitative estimate of drug-likeness (QED) is 0.654. The van der Waals surface area contributed by atoms with Gasteiger partial charge in [0.15, 0.2) is 11.5 Å². The molecule has 4 nitrogen and oxygen atoms in total. The summed E-state index contributed by atoms with van der Waals surface area (Å²) in [6.45, 7) is 4.14. The van der Waals surface area contributed by atoms with Crippen molar-refractivity contribution in [2.24, 2.45) is 0 Å². The summed E-state index contributed by atoms with van der Waals surface area (Å²) in [5.41, 5.74) is 2.29. The van der Waals surface area contributed by atoms with Gasteiger partial charge in [0.25, 0.3) is 0 Å². The summed E-state index contributed by atoms with van der Waals surface area (Å²) in [6, 6.07) is 16.2. The molecular weight excluding hydrogens is 332 g/mol. The largest absolute Gasteiger partial charge is 0.493 e. The van der Waals surface area contributed by atoms with Gasteiger partial charge in [-0.2, -0.15) is 0 Å². The smallest absolute Gasteiger partial charge is 0.161 e. The molecule has 0 unspecified atom stereocenters. The second-order valence-corrected chi connectivity index (χ2v) is 7.03. The van der Waals surface area contributed by atoms with Crippen molar-refractivity contribution in [3.63, 3.8) is 0 Å². The normalized spacial score (nSPS) is 10.6. The van der Waals surface area contributed by atoms with Crippen LogP contribution in [0.4, 0.5) is 0 Å². The van der Waals surface area contributed by atoms with Gasteiger partial charge < -0.3 is 14.8 Å². The van der Waals surface area contributed by atoms with Crippen LogP contribution in [0.1, 0.15) is 21.0 Å². The van der Waals surface area contributed by atoms with Crippen LogP contribution < -0.4 is 14.8 Å². The summed E-state index contributed by atoms with van der Waals surface area (Å²) in [4.78, 5) is 5.51. The minimum atomic E-state index is 0.527. The molecule has 0 aliphatic rings. The number of thiazole rings is 1. The van der Waals surface area contributed by atoms with Crippen LogP contribution in [-0.4, -0.2) is 12.1 Å². The molecule has 5 heteroatoms. The van der Waals surface area contributed by atoms with Gasteiger partial charge >= 0.3 is 0 Å². The summed E-state index contributed by atoms with van der Waals surface area (Å²) in [6.07, 6.45) is 1.92. The Labute approximate surface area is 152 Å². The fourth-order valence-electron chi connectivity index (χ4n) is 2.49. The summed E-state index contributed by atoms with van der Waals surface area (Å²) in [7, 11) is 1.67. The fraction of sp³-hybridized carbons (Fsp3) is 0.250. The first-order chi connectivity index (χ1) is 12.2. The van der Waals surface area contributed by atoms with E-state index in [1.165, 1.54) is 4.88 Å². The van der Waals surface area contributed by atoms with Gasteiger partial charge in [0.05, 0.1) is 12.1 Å². The lowest BCUT2D eigenvalue weighted by molar-refractivity contribution is 0.284. The van der Waals surface area contributed by atoms with Gasteiger partial charge in [0.2, 0.25) is 0 Å². The molecule has 0 bridgehead atoms. The Morgan fingerprint density at radius 1 is 1.00 bits per heavy atom. The average molecular weight is 354 g/mol. The number of hydrogen-bond acceptors (Lipinski definition) is 5. The minimum Gasteiger partial charge on any atom is -0.493 e. The van der Waals surface area contributed by atoms with Gasteiger partial charge in [-0.05, 0) is 30.2 Å². The highest BCUT2D eigenvalue weighted by Gasteiger charge is 2.07. The van der Waals surface area contributed by atoms with Crippen molar-refractivity contribution in [1.29, 1.82) is 0 Å². The van der Waals surface area contributed by atoms with Crippen LogP contribution in [0.15, 0.2) is 54.7 Å². The van der Waals surface area contributed by atoms with Crippen molar-refractivity contribution in [3.05, 3.63) is 75.7 Å². The predicted molar refractivity (Wildman–Crippen MR) is 101 cm³/mol. The van der Waals surface area contributed by atoms with Crippen molar-refractivity contribution in [2.45, 2.75) is 26.6 Å². The van der Waals surface area contributed by atoms with Gasteiger partial charge in [0.1, 0.15) is 6.61 Å². The Bertz CT molecular complexity index is 802. The number of nitrogens with zero attached hydrogens (tertiary/aromatic N) is 1. The van der Waals surface area contributed by atoms with E-state index in [0.29, 0.717) is 6.61 Å². The molecule has 130 valence electrons. The number of rotatable bonds is 8. The summed E-state index contributed by atoms with van der Waals surface area (Å²) in [5.74, 6) is 1.51. The predicted octanol–water partition coefficient (Wildman–Crippen LogP) is 4.33. The zero-order valence-electron chi connectivity index (χ0n) is 14.5. The maximum Gasteiger partial charge on any atom is 0.161 e. The molecule has 3 rings (SSSR count). The molecule has 0 atom stereocenters. The highest BCUT2D eigenvalue weighted by Crippen LogP contribution is 2.29. The first kappa shape index (κ1) is 17.5. The topological polar surface area (TPSA) is 43.4 Å². The fourth-order valence-corrected chi connectivity index (χ4v) is 3.26. The highest BCUT2D eigenvalue weighted by molar-refractivity contribution is 7.11. The highest BCUT2D eigenvalue weighted by atomic mass is 32.1. The lowest BCUT2D eigenvalue weighted by Gasteiger charge is -2.12. The number of hydrogen-bond donors (Lipinski definition) is 1. The third-order valence-corrected chi connectivity index (χ3v) is 4.68. The van der Waals surface area contributed by atoms with E-state index in [-0.39, 0.29) is 0 Å². The maximum atomic E-state index is 5.89. The van der Waals surface area contributed by atoms with Gasteiger partial charge in [-0.3, -0.25) is 0 Å². The summed E-state index contributed by atoms with van der Waals surface area (Å²) >= 11 is 1.72. The zero-order valence-corrected chi connectivity index (χ0v) is 15.3. The lowest BCUT2D eigenvalue weighted by Crippen LogP contribution is -2.12. The molecule has 0 spiro atoms. The average Bonchev–Trinajstić information content (AvgIpc) is 3.06. The molecule has 1 N–H and O–H groups in total. The monoisotopic (exact) mass is 354 g/mol. The SMILES string of the molecule is COc1cc(CNCc2cnc(C)s2)ccc1OCc1ccccc1. The van der Waals surface area contributed by atoms with Crippen LogP contribution in [-0.2, 0) is 19.7 Å². The van der Waals surface area contributed by atoms with E-state index >= 15 is 0 Å². The molecule has 25 heavy (non-hydrogen) atoms. The Hall–Kier alpha value is -2.37. The van der Waals surface area contributed by atoms with Gasteiger partial charge in [-0.15, -0.1) is 11.3 Å². The lowest BCUT2D eigenvalue weighted by atomic mass is 10.2. The van der Waals surface area contributed by atoms with E-state index in [9.17, 15) is 0 Å². The van der Waals surface area contributed by atoms with E-state index in [4.69, 9.17) is 9.47 Å². The number of aromatic nitrogens is 1. The second kappa shape index (κ2) is 8.65. The summed E-state index contributed by atoms with van der Waals surface area (Å²) in [5, 5.41) is 4.53. The van der Waals surface area contributed by atoms with Crippen LogP contribution in [0.2, 0.25) is 0 Å². The van der Waals surface area contributed by atoms with Crippen LogP contribution in [0.5, 0.6) is 11.5 Å². The number of benzene rings is 2. The van der Waals surface area contributed by atoms with Gasteiger partial charge in [0, 0.05) is 24.2 Å². The first-order valence-corrected chi connectivity index (χ1v) is 9.02. The van der Waals surface area contributed by atoms with Crippen molar-refractivity contribution in [1.82, 2.24) is 10.3 Å². The van der Waals surface area contributed by atoms with Crippen LogP contribution in [0.25, 0.3) is 0 Å². The third kappa shape index (κ3) is 5.05. The van der Waals surface area contributed by atoms with E-state index in [2.05, 4.69) is 16.4 Å². The molecule has 0 aliphatic carbocycles. The Morgan fingerprint density at radius 2 is 1.84 bits per heavy atom. The molecule has 1 heterocycles. The second-order valence-electron chi connectivity index (χ2n) is 5.71. The molecular formula is C20H22N2O2S. The van der Waals surface area contributed by atoms with E-state index in [0.717, 1.165) is 40.7 Å². The van der Waals surface area contributed by atoms with Crippen molar-refractivity contribution < 1.29 is 9.47 Å². The molecule has 0 fully saturated rings. The van der Waals surface area contributed by atoms with Crippen molar-refractivity contribution in [2.75, 3.05) is 7.11 Å². The molecule has 0 saturated carbocycles. The van der Waals surface area contributed by atoms with Crippen molar-refractivity contribution >= 4 is 11.3 Å². The third-order valence-electron chi connectivity index (χ3n) is 3.76. The van der Waals surface area contributed by atoms with Crippen molar-refractivity contribution in [3.8, 4) is 11.5 Å². The molecule has 0 amide bonds. The van der Waals surface area contributed by atoms with Gasteiger partial charge in [-0.25, -0.2) is 4.98 Å². The number of aryl methyl sites for hydroxylation is 1. The van der Waals surface area contributed by atoms with Crippen LogP contribution in [0, 0.1) is 6.92 Å². The van der Waals surface area contributed by atoms with Crippen LogP contribution >= 0.6 is 11.3 Å². The van der Waals surface area contributed by atoms with E-state index in [1.54, 1.807) is 18.4 Å². The minimum absolute atomic E-state index is 0.527.